The van der Waals surface area contributed by atoms with Gasteiger partial charge in [0.1, 0.15) is 0 Å². The third-order valence-electron chi connectivity index (χ3n) is 6.35. The van der Waals surface area contributed by atoms with E-state index in [9.17, 15) is 9.59 Å². The van der Waals surface area contributed by atoms with Gasteiger partial charge in [-0.1, -0.05) is 23.4 Å². The number of nitrogens with one attached hydrogen (secondary N) is 1. The summed E-state index contributed by atoms with van der Waals surface area (Å²) in [5.41, 5.74) is 2.93. The first kappa shape index (κ1) is 24.0. The van der Waals surface area contributed by atoms with E-state index in [2.05, 4.69) is 31.6 Å². The van der Waals surface area contributed by atoms with E-state index in [0.29, 0.717) is 19.5 Å². The topological polar surface area (TPSA) is 102 Å². The van der Waals surface area contributed by atoms with Crippen LogP contribution in [0.3, 0.4) is 0 Å². The lowest BCUT2D eigenvalue weighted by Gasteiger charge is -2.23. The van der Waals surface area contributed by atoms with Gasteiger partial charge in [0.15, 0.2) is 5.69 Å². The molecule has 0 spiro atoms. The maximum atomic E-state index is 13.5. The highest BCUT2D eigenvalue weighted by atomic mass is 32.2. The molecule has 0 unspecified atom stereocenters. The quantitative estimate of drug-likeness (QED) is 0.301. The number of benzene rings is 2. The van der Waals surface area contributed by atoms with Gasteiger partial charge in [-0.15, -0.1) is 16.9 Å². The van der Waals surface area contributed by atoms with Crippen LogP contribution in [0, 0.1) is 0 Å². The Hall–Kier alpha value is -3.76. The number of nitrogens with zero attached hydrogens (tertiary/aromatic N) is 5. The summed E-state index contributed by atoms with van der Waals surface area (Å²) in [7, 11) is 1.31. The van der Waals surface area contributed by atoms with E-state index >= 15 is 0 Å². The van der Waals surface area contributed by atoms with Crippen molar-refractivity contribution in [1.82, 2.24) is 24.9 Å². The molecule has 1 saturated heterocycles. The Balaban J connectivity index is 1.40. The fourth-order valence-corrected chi connectivity index (χ4v) is 5.02. The summed E-state index contributed by atoms with van der Waals surface area (Å²) < 4.78 is 6.41. The number of pyridine rings is 1. The summed E-state index contributed by atoms with van der Waals surface area (Å²) in [6, 6.07) is 17.4. The molecular weight excluding hydrogens is 476 g/mol. The number of hydrogen-bond acceptors (Lipinski definition) is 8. The third-order valence-corrected chi connectivity index (χ3v) is 7.08. The molecule has 3 heterocycles. The Bertz CT molecular complexity index is 1410. The average molecular weight is 503 g/mol. The molecule has 1 aliphatic rings. The van der Waals surface area contributed by atoms with Crippen LogP contribution in [0.4, 0.5) is 5.69 Å². The van der Waals surface area contributed by atoms with Crippen LogP contribution >= 0.6 is 11.8 Å². The Kier molecular flexibility index (Phi) is 6.97. The highest BCUT2D eigenvalue weighted by Gasteiger charge is 2.38. The zero-order valence-electron chi connectivity index (χ0n) is 20.0. The van der Waals surface area contributed by atoms with Gasteiger partial charge < -0.3 is 10.1 Å². The van der Waals surface area contributed by atoms with Crippen molar-refractivity contribution in [2.45, 2.75) is 29.9 Å². The molecule has 9 nitrogen and oxygen atoms in total. The molecule has 36 heavy (non-hydrogen) atoms. The zero-order valence-corrected chi connectivity index (χ0v) is 20.8. The Morgan fingerprint density at radius 2 is 2.06 bits per heavy atom. The third kappa shape index (κ3) is 5.09. The highest BCUT2D eigenvalue weighted by molar-refractivity contribution is 7.98. The number of aromatic nitrogens is 4. The number of amides is 1. The number of methoxy groups -OCH3 is 1. The van der Waals surface area contributed by atoms with E-state index in [0.717, 1.165) is 27.0 Å². The molecule has 0 aliphatic carbocycles. The standard InChI is InChI=1S/C26H26N6O3S/c1-35-26(34)23-16-32(30-29-23)20-13-24(25(33)28-19-6-3-7-21(12-19)36-2)31(15-20)14-17-8-9-22-18(11-17)5-4-10-27-22/h3-12,16,20,24H,13-15H2,1-2H3,(H,28,33)/t20-,24+/m1/s1. The summed E-state index contributed by atoms with van der Waals surface area (Å²) in [4.78, 5) is 33.0. The van der Waals surface area contributed by atoms with Crippen LogP contribution in [0.15, 0.2) is 71.9 Å². The van der Waals surface area contributed by atoms with Gasteiger partial charge in [-0.25, -0.2) is 9.48 Å². The fourth-order valence-electron chi connectivity index (χ4n) is 4.56. The molecular formula is C26H26N6O3S. The lowest BCUT2D eigenvalue weighted by atomic mass is 10.1. The fraction of sp³-hybridized carbons (Fsp3) is 0.269. The second-order valence-corrected chi connectivity index (χ2v) is 9.54. The van der Waals surface area contributed by atoms with Gasteiger partial charge in [0.2, 0.25) is 5.91 Å². The molecule has 1 N–H and O–H groups in total. The van der Waals surface area contributed by atoms with Crippen molar-refractivity contribution in [3.63, 3.8) is 0 Å². The zero-order chi connectivity index (χ0) is 25.1. The van der Waals surface area contributed by atoms with E-state index < -0.39 is 5.97 Å². The van der Waals surface area contributed by atoms with Crippen molar-refractivity contribution >= 4 is 40.2 Å². The van der Waals surface area contributed by atoms with Crippen molar-refractivity contribution < 1.29 is 14.3 Å². The largest absolute Gasteiger partial charge is 0.464 e. The van der Waals surface area contributed by atoms with Crippen molar-refractivity contribution in [1.29, 1.82) is 0 Å². The summed E-state index contributed by atoms with van der Waals surface area (Å²) in [5, 5.41) is 12.2. The second kappa shape index (κ2) is 10.5. The minimum atomic E-state index is -0.538. The van der Waals surface area contributed by atoms with E-state index in [4.69, 9.17) is 4.74 Å². The Morgan fingerprint density at radius 3 is 2.89 bits per heavy atom. The van der Waals surface area contributed by atoms with E-state index in [1.165, 1.54) is 7.11 Å². The van der Waals surface area contributed by atoms with Crippen LogP contribution in [0.25, 0.3) is 10.9 Å². The smallest absolute Gasteiger partial charge is 0.360 e. The van der Waals surface area contributed by atoms with Crippen molar-refractivity contribution in [2.75, 3.05) is 25.2 Å². The molecule has 2 aromatic heterocycles. The minimum Gasteiger partial charge on any atom is -0.464 e. The van der Waals surface area contributed by atoms with Crippen molar-refractivity contribution in [2.24, 2.45) is 0 Å². The Labute approximate surface area is 212 Å². The van der Waals surface area contributed by atoms with Crippen molar-refractivity contribution in [3.8, 4) is 0 Å². The monoisotopic (exact) mass is 502 g/mol. The number of fused-ring (bicyclic) bond motifs is 1. The second-order valence-electron chi connectivity index (χ2n) is 8.66. The van der Waals surface area contributed by atoms with Crippen LogP contribution in [-0.4, -0.2) is 62.7 Å². The first-order valence-electron chi connectivity index (χ1n) is 11.6. The van der Waals surface area contributed by atoms with Gasteiger partial charge in [-0.05, 0) is 54.6 Å². The van der Waals surface area contributed by atoms with Gasteiger partial charge in [-0.3, -0.25) is 14.7 Å². The van der Waals surface area contributed by atoms with Gasteiger partial charge in [0.05, 0.1) is 30.9 Å². The van der Waals surface area contributed by atoms with Crippen LogP contribution in [0.1, 0.15) is 28.5 Å². The molecule has 1 aliphatic heterocycles. The first-order valence-corrected chi connectivity index (χ1v) is 12.8. The molecule has 1 fully saturated rings. The van der Waals surface area contributed by atoms with Gasteiger partial charge in [0.25, 0.3) is 0 Å². The number of thioether (sulfide) groups is 1. The number of carbonyl (C=O) groups excluding carboxylic acids is 2. The molecule has 5 rings (SSSR count). The van der Waals surface area contributed by atoms with Crippen LogP contribution in [0.2, 0.25) is 0 Å². The number of esters is 1. The molecule has 184 valence electrons. The lowest BCUT2D eigenvalue weighted by molar-refractivity contribution is -0.120. The summed E-state index contributed by atoms with van der Waals surface area (Å²) in [6.07, 6.45) is 5.90. The van der Waals surface area contributed by atoms with Crippen LogP contribution < -0.4 is 5.32 Å². The highest BCUT2D eigenvalue weighted by Crippen LogP contribution is 2.30. The van der Waals surface area contributed by atoms with Gasteiger partial charge >= 0.3 is 5.97 Å². The molecule has 0 radical (unpaired) electrons. The minimum absolute atomic E-state index is 0.0773. The normalized spacial score (nSPS) is 17.8. The van der Waals surface area contributed by atoms with Crippen LogP contribution in [-0.2, 0) is 16.1 Å². The molecule has 0 bridgehead atoms. The van der Waals surface area contributed by atoms with E-state index in [-0.39, 0.29) is 23.7 Å². The molecule has 1 amide bonds. The summed E-state index contributed by atoms with van der Waals surface area (Å²) in [6.45, 7) is 1.17. The number of carbonyl (C=O) groups is 2. The molecule has 4 aromatic rings. The number of hydrogen-bond donors (Lipinski definition) is 1. The molecule has 2 aromatic carbocycles. The number of rotatable bonds is 7. The lowest BCUT2D eigenvalue weighted by Crippen LogP contribution is -2.39. The van der Waals surface area contributed by atoms with Gasteiger partial charge in [0, 0.05) is 35.3 Å². The number of ether oxygens (including phenoxy) is 1. The maximum Gasteiger partial charge on any atom is 0.360 e. The molecule has 2 atom stereocenters. The molecule has 10 heteroatoms. The van der Waals surface area contributed by atoms with Crippen LogP contribution in [0.5, 0.6) is 0 Å². The predicted octanol–water partition coefficient (Wildman–Crippen LogP) is 3.79. The predicted molar refractivity (Wildman–Crippen MR) is 138 cm³/mol. The SMILES string of the molecule is COC(=O)c1cn([C@@H]2C[C@@H](C(=O)Nc3cccc(SC)c3)N(Cc3ccc4ncccc4c3)C2)nn1. The number of anilines is 1. The first-order chi connectivity index (χ1) is 17.5. The maximum absolute atomic E-state index is 13.5. The van der Waals surface area contributed by atoms with E-state index in [1.807, 2.05) is 54.8 Å². The van der Waals surface area contributed by atoms with Crippen molar-refractivity contribution in [3.05, 3.63) is 78.2 Å². The molecule has 0 saturated carbocycles. The average Bonchev–Trinajstić information content (AvgIpc) is 3.56. The Morgan fingerprint density at radius 1 is 1.17 bits per heavy atom. The van der Waals surface area contributed by atoms with E-state index in [1.54, 1.807) is 28.8 Å². The number of likely N-dealkylation sites (tertiary alicyclic amines) is 1. The summed E-state index contributed by atoms with van der Waals surface area (Å²) >= 11 is 1.63. The van der Waals surface area contributed by atoms with Gasteiger partial charge in [-0.2, -0.15) is 0 Å². The summed E-state index contributed by atoms with van der Waals surface area (Å²) in [5.74, 6) is -0.615.